The van der Waals surface area contributed by atoms with Crippen LogP contribution in [-0.4, -0.2) is 26.8 Å². The average Bonchev–Trinajstić information content (AvgIpc) is 3.03. The number of ether oxygens (including phenoxy) is 1. The molecule has 1 aromatic carbocycles. The Morgan fingerprint density at radius 1 is 0.963 bits per heavy atom. The van der Waals surface area contributed by atoms with Gasteiger partial charge in [-0.3, -0.25) is 14.6 Å². The van der Waals surface area contributed by atoms with Gasteiger partial charge in [-0.25, -0.2) is 0 Å². The Bertz CT molecular complexity index is 827. The summed E-state index contributed by atoms with van der Waals surface area (Å²) in [5, 5.41) is 4.56. The van der Waals surface area contributed by atoms with Crippen molar-refractivity contribution in [3.8, 4) is 5.75 Å². The van der Waals surface area contributed by atoms with Crippen LogP contribution in [-0.2, 0) is 26.2 Å². The smallest absolute Gasteiger partial charge is 0.118 e. The molecule has 0 spiro atoms. The van der Waals surface area contributed by atoms with E-state index >= 15 is 0 Å². The predicted octanol–water partition coefficient (Wildman–Crippen LogP) is 4.21. The first-order valence-corrected chi connectivity index (χ1v) is 9.45. The SMILES string of the molecule is CCCn1ncc(CN(Cc2ccncc2)Cc2ccc(OC)cc2)c1C. The van der Waals surface area contributed by atoms with Crippen LogP contribution in [0.4, 0.5) is 0 Å². The summed E-state index contributed by atoms with van der Waals surface area (Å²) in [6.45, 7) is 7.91. The van der Waals surface area contributed by atoms with E-state index in [1.807, 2.05) is 30.7 Å². The molecule has 2 aromatic heterocycles. The highest BCUT2D eigenvalue weighted by atomic mass is 16.5. The number of nitrogens with zero attached hydrogens (tertiary/aromatic N) is 4. The maximum absolute atomic E-state index is 5.28. The van der Waals surface area contributed by atoms with Crippen molar-refractivity contribution in [3.05, 3.63) is 77.4 Å². The first-order valence-electron chi connectivity index (χ1n) is 9.45. The molecule has 3 aromatic rings. The van der Waals surface area contributed by atoms with E-state index in [2.05, 4.69) is 57.8 Å². The minimum absolute atomic E-state index is 0.865. The van der Waals surface area contributed by atoms with E-state index in [4.69, 9.17) is 4.74 Å². The van der Waals surface area contributed by atoms with E-state index in [0.717, 1.165) is 38.3 Å². The highest BCUT2D eigenvalue weighted by molar-refractivity contribution is 5.27. The van der Waals surface area contributed by atoms with E-state index in [0.29, 0.717) is 0 Å². The van der Waals surface area contributed by atoms with Crippen molar-refractivity contribution in [2.24, 2.45) is 0 Å². The summed E-state index contributed by atoms with van der Waals surface area (Å²) in [7, 11) is 1.70. The van der Waals surface area contributed by atoms with Gasteiger partial charge in [-0.1, -0.05) is 19.1 Å². The fourth-order valence-corrected chi connectivity index (χ4v) is 3.22. The van der Waals surface area contributed by atoms with Crippen molar-refractivity contribution in [2.45, 2.75) is 46.4 Å². The molecule has 0 aliphatic carbocycles. The molecule has 0 saturated carbocycles. The van der Waals surface area contributed by atoms with Gasteiger partial charge in [0.25, 0.3) is 0 Å². The second-order valence-corrected chi connectivity index (χ2v) is 6.83. The molecule has 0 N–H and O–H groups in total. The summed E-state index contributed by atoms with van der Waals surface area (Å²) in [4.78, 5) is 6.57. The standard InChI is InChI=1S/C22H28N4O/c1-4-13-26-18(2)21(14-24-26)17-25(16-20-9-11-23-12-10-20)15-19-5-7-22(27-3)8-6-19/h5-12,14H,4,13,15-17H2,1-3H3. The van der Waals surface area contributed by atoms with Crippen LogP contribution in [0.15, 0.2) is 55.0 Å². The second kappa shape index (κ2) is 9.33. The van der Waals surface area contributed by atoms with Gasteiger partial charge < -0.3 is 4.74 Å². The summed E-state index contributed by atoms with van der Waals surface area (Å²) in [6.07, 6.45) is 6.81. The molecule has 27 heavy (non-hydrogen) atoms. The van der Waals surface area contributed by atoms with Crippen molar-refractivity contribution >= 4 is 0 Å². The maximum Gasteiger partial charge on any atom is 0.118 e. The van der Waals surface area contributed by atoms with Gasteiger partial charge in [-0.2, -0.15) is 5.10 Å². The molecule has 0 radical (unpaired) electrons. The van der Waals surface area contributed by atoms with E-state index in [9.17, 15) is 0 Å². The minimum atomic E-state index is 0.865. The zero-order valence-electron chi connectivity index (χ0n) is 16.4. The van der Waals surface area contributed by atoms with Crippen LogP contribution in [0.2, 0.25) is 0 Å². The summed E-state index contributed by atoms with van der Waals surface area (Å²) in [6, 6.07) is 12.5. The highest BCUT2D eigenvalue weighted by Crippen LogP contribution is 2.18. The Hall–Kier alpha value is -2.66. The van der Waals surface area contributed by atoms with E-state index in [-0.39, 0.29) is 0 Å². The Morgan fingerprint density at radius 2 is 1.63 bits per heavy atom. The van der Waals surface area contributed by atoms with Gasteiger partial charge in [0.15, 0.2) is 0 Å². The van der Waals surface area contributed by atoms with Crippen LogP contribution < -0.4 is 4.74 Å². The molecular weight excluding hydrogens is 336 g/mol. The lowest BCUT2D eigenvalue weighted by Crippen LogP contribution is -2.22. The number of pyridine rings is 1. The number of hydrogen-bond donors (Lipinski definition) is 0. The van der Waals surface area contributed by atoms with E-state index in [1.54, 1.807) is 7.11 Å². The van der Waals surface area contributed by atoms with Crippen molar-refractivity contribution in [3.63, 3.8) is 0 Å². The zero-order chi connectivity index (χ0) is 19.1. The molecule has 2 heterocycles. The van der Waals surface area contributed by atoms with Crippen molar-refractivity contribution in [1.82, 2.24) is 19.7 Å². The van der Waals surface area contributed by atoms with Gasteiger partial charge in [-0.15, -0.1) is 0 Å². The van der Waals surface area contributed by atoms with Gasteiger partial charge in [0, 0.05) is 49.8 Å². The summed E-state index contributed by atoms with van der Waals surface area (Å²) >= 11 is 0. The van der Waals surface area contributed by atoms with E-state index < -0.39 is 0 Å². The third-order valence-electron chi connectivity index (χ3n) is 4.75. The number of hydrogen-bond acceptors (Lipinski definition) is 4. The Kier molecular flexibility index (Phi) is 6.60. The highest BCUT2D eigenvalue weighted by Gasteiger charge is 2.13. The monoisotopic (exact) mass is 364 g/mol. The number of aryl methyl sites for hydroxylation is 1. The zero-order valence-corrected chi connectivity index (χ0v) is 16.4. The number of methoxy groups -OCH3 is 1. The quantitative estimate of drug-likeness (QED) is 0.570. The maximum atomic E-state index is 5.28. The van der Waals surface area contributed by atoms with Gasteiger partial charge in [0.05, 0.1) is 13.3 Å². The molecule has 142 valence electrons. The van der Waals surface area contributed by atoms with Crippen LogP contribution in [0.3, 0.4) is 0 Å². The third-order valence-corrected chi connectivity index (χ3v) is 4.75. The fraction of sp³-hybridized carbons (Fsp3) is 0.364. The van der Waals surface area contributed by atoms with Crippen molar-refractivity contribution < 1.29 is 4.74 Å². The van der Waals surface area contributed by atoms with Gasteiger partial charge in [0.2, 0.25) is 0 Å². The summed E-state index contributed by atoms with van der Waals surface area (Å²) in [5.41, 5.74) is 5.07. The third kappa shape index (κ3) is 5.17. The molecular formula is C22H28N4O. The molecule has 5 nitrogen and oxygen atoms in total. The van der Waals surface area contributed by atoms with E-state index in [1.165, 1.54) is 22.4 Å². The lowest BCUT2D eigenvalue weighted by molar-refractivity contribution is 0.247. The molecule has 0 fully saturated rings. The van der Waals surface area contributed by atoms with Crippen molar-refractivity contribution in [2.75, 3.05) is 7.11 Å². The first kappa shape index (κ1) is 19.1. The van der Waals surface area contributed by atoms with Gasteiger partial charge in [0.1, 0.15) is 5.75 Å². The Morgan fingerprint density at radius 3 is 2.26 bits per heavy atom. The lowest BCUT2D eigenvalue weighted by Gasteiger charge is -2.23. The summed E-state index contributed by atoms with van der Waals surface area (Å²) < 4.78 is 7.38. The average molecular weight is 364 g/mol. The Balaban J connectivity index is 1.78. The minimum Gasteiger partial charge on any atom is -0.497 e. The van der Waals surface area contributed by atoms with Gasteiger partial charge in [-0.05, 0) is 48.7 Å². The molecule has 5 heteroatoms. The van der Waals surface area contributed by atoms with Gasteiger partial charge >= 0.3 is 0 Å². The molecule has 0 bridgehead atoms. The molecule has 0 aliphatic rings. The molecule has 0 saturated heterocycles. The van der Waals surface area contributed by atoms with Crippen LogP contribution in [0.1, 0.15) is 35.7 Å². The molecule has 0 amide bonds. The Labute approximate surface area is 161 Å². The van der Waals surface area contributed by atoms with Crippen LogP contribution in [0, 0.1) is 6.92 Å². The molecule has 0 atom stereocenters. The molecule has 0 aliphatic heterocycles. The first-order chi connectivity index (χ1) is 13.2. The summed E-state index contributed by atoms with van der Waals surface area (Å²) in [5.74, 6) is 0.885. The van der Waals surface area contributed by atoms with Crippen LogP contribution in [0.5, 0.6) is 5.75 Å². The van der Waals surface area contributed by atoms with Crippen LogP contribution in [0.25, 0.3) is 0 Å². The predicted molar refractivity (Wildman–Crippen MR) is 107 cm³/mol. The fourth-order valence-electron chi connectivity index (χ4n) is 3.22. The molecule has 3 rings (SSSR count). The number of benzene rings is 1. The lowest BCUT2D eigenvalue weighted by atomic mass is 10.1. The molecule has 0 unspecified atom stereocenters. The van der Waals surface area contributed by atoms with Crippen molar-refractivity contribution in [1.29, 1.82) is 0 Å². The van der Waals surface area contributed by atoms with Crippen LogP contribution >= 0.6 is 0 Å². The topological polar surface area (TPSA) is 43.2 Å². The number of rotatable bonds is 9. The normalized spacial score (nSPS) is 11.1. The number of aromatic nitrogens is 3. The largest absolute Gasteiger partial charge is 0.497 e. The second-order valence-electron chi connectivity index (χ2n) is 6.83.